The van der Waals surface area contributed by atoms with Crippen molar-refractivity contribution in [2.45, 2.75) is 25.5 Å². The maximum Gasteiger partial charge on any atom is 0.148 e. The van der Waals surface area contributed by atoms with Crippen molar-refractivity contribution in [1.29, 1.82) is 5.26 Å². The Morgan fingerprint density at radius 3 is 2.86 bits per heavy atom. The molecule has 0 bridgehead atoms. The average molecular weight is 369 g/mol. The molecule has 0 aliphatic heterocycles. The summed E-state index contributed by atoms with van der Waals surface area (Å²) in [5, 5.41) is 11.0. The van der Waals surface area contributed by atoms with Crippen LogP contribution in [0.1, 0.15) is 29.9 Å². The SMILES string of the molecule is CCC(N)C(Oc1cccc(F)c1C#N)c1cc(Br)cs1. The van der Waals surface area contributed by atoms with E-state index in [1.165, 1.54) is 23.5 Å². The topological polar surface area (TPSA) is 59.0 Å². The van der Waals surface area contributed by atoms with E-state index in [2.05, 4.69) is 15.9 Å². The highest BCUT2D eigenvalue weighted by Gasteiger charge is 2.24. The van der Waals surface area contributed by atoms with Gasteiger partial charge in [0.2, 0.25) is 0 Å². The number of nitriles is 1. The van der Waals surface area contributed by atoms with E-state index in [-0.39, 0.29) is 17.4 Å². The average Bonchev–Trinajstić information content (AvgIpc) is 2.90. The molecule has 0 fully saturated rings. The molecular weight excluding hydrogens is 355 g/mol. The maximum absolute atomic E-state index is 13.7. The molecule has 2 atom stereocenters. The van der Waals surface area contributed by atoms with Gasteiger partial charge in [-0.1, -0.05) is 13.0 Å². The van der Waals surface area contributed by atoms with Crippen LogP contribution in [0.25, 0.3) is 0 Å². The summed E-state index contributed by atoms with van der Waals surface area (Å²) in [7, 11) is 0. The monoisotopic (exact) mass is 368 g/mol. The Bertz CT molecular complexity index is 668. The van der Waals surface area contributed by atoms with Crippen molar-refractivity contribution in [1.82, 2.24) is 0 Å². The smallest absolute Gasteiger partial charge is 0.148 e. The first-order valence-corrected chi connectivity index (χ1v) is 8.08. The molecule has 0 aliphatic carbocycles. The minimum Gasteiger partial charge on any atom is -0.482 e. The van der Waals surface area contributed by atoms with Crippen molar-refractivity contribution in [3.63, 3.8) is 0 Å². The van der Waals surface area contributed by atoms with Crippen LogP contribution in [-0.2, 0) is 0 Å². The number of rotatable bonds is 5. The summed E-state index contributed by atoms with van der Waals surface area (Å²) >= 11 is 4.91. The van der Waals surface area contributed by atoms with Crippen molar-refractivity contribution >= 4 is 27.3 Å². The van der Waals surface area contributed by atoms with E-state index in [1.54, 1.807) is 6.07 Å². The Hall–Kier alpha value is -1.42. The molecule has 1 heterocycles. The number of thiophene rings is 1. The summed E-state index contributed by atoms with van der Waals surface area (Å²) in [6, 6.07) is 7.86. The van der Waals surface area contributed by atoms with Gasteiger partial charge in [-0.25, -0.2) is 4.39 Å². The number of hydrogen-bond donors (Lipinski definition) is 1. The second kappa shape index (κ2) is 7.03. The predicted octanol–water partition coefficient (Wildman–Crippen LogP) is 4.38. The van der Waals surface area contributed by atoms with Crippen LogP contribution in [-0.4, -0.2) is 6.04 Å². The summed E-state index contributed by atoms with van der Waals surface area (Å²) < 4.78 is 20.5. The van der Waals surface area contributed by atoms with E-state index in [0.717, 1.165) is 9.35 Å². The first kappa shape index (κ1) is 16.0. The molecule has 1 aromatic heterocycles. The van der Waals surface area contributed by atoms with Gasteiger partial charge >= 0.3 is 0 Å². The second-order valence-electron chi connectivity index (χ2n) is 4.50. The Balaban J connectivity index is 2.37. The van der Waals surface area contributed by atoms with Gasteiger partial charge in [-0.3, -0.25) is 0 Å². The molecule has 0 saturated carbocycles. The zero-order valence-corrected chi connectivity index (χ0v) is 13.7. The molecule has 0 radical (unpaired) electrons. The second-order valence-corrected chi connectivity index (χ2v) is 6.36. The number of nitrogens with zero attached hydrogens (tertiary/aromatic N) is 1. The van der Waals surface area contributed by atoms with Crippen molar-refractivity contribution in [3.8, 4) is 11.8 Å². The Morgan fingerprint density at radius 1 is 1.52 bits per heavy atom. The quantitative estimate of drug-likeness (QED) is 0.851. The third-order valence-electron chi connectivity index (χ3n) is 3.07. The lowest BCUT2D eigenvalue weighted by atomic mass is 10.1. The van der Waals surface area contributed by atoms with Gasteiger partial charge in [0.05, 0.1) is 0 Å². The first-order chi connectivity index (χ1) is 10.1. The maximum atomic E-state index is 13.7. The van der Waals surface area contributed by atoms with Crippen molar-refractivity contribution in [2.75, 3.05) is 0 Å². The summed E-state index contributed by atoms with van der Waals surface area (Å²) in [6.07, 6.45) is 0.289. The highest BCUT2D eigenvalue weighted by atomic mass is 79.9. The lowest BCUT2D eigenvalue weighted by Crippen LogP contribution is -2.31. The lowest BCUT2D eigenvalue weighted by molar-refractivity contribution is 0.173. The van der Waals surface area contributed by atoms with Crippen molar-refractivity contribution < 1.29 is 9.13 Å². The number of nitrogens with two attached hydrogens (primary N) is 1. The van der Waals surface area contributed by atoms with Gasteiger partial charge in [-0.05, 0) is 40.5 Å². The summed E-state index contributed by atoms with van der Waals surface area (Å²) in [6.45, 7) is 1.96. The zero-order chi connectivity index (χ0) is 15.4. The molecule has 2 N–H and O–H groups in total. The largest absolute Gasteiger partial charge is 0.482 e. The Labute approximate surface area is 135 Å². The standard InChI is InChI=1S/C15H14BrFN2OS/c1-2-12(19)15(14-6-9(16)8-21-14)20-13-5-3-4-11(17)10(13)7-18/h3-6,8,12,15H,2,19H2,1H3. The van der Waals surface area contributed by atoms with Crippen LogP contribution in [0, 0.1) is 17.1 Å². The minimum absolute atomic E-state index is 0.0959. The third-order valence-corrected chi connectivity index (χ3v) is 4.82. The number of halogens is 2. The van der Waals surface area contributed by atoms with Crippen LogP contribution in [0.4, 0.5) is 4.39 Å². The van der Waals surface area contributed by atoms with Crippen LogP contribution >= 0.6 is 27.3 Å². The zero-order valence-electron chi connectivity index (χ0n) is 11.3. The highest BCUT2D eigenvalue weighted by Crippen LogP contribution is 2.33. The van der Waals surface area contributed by atoms with Crippen LogP contribution < -0.4 is 10.5 Å². The Kier molecular flexibility index (Phi) is 5.34. The van der Waals surface area contributed by atoms with Crippen LogP contribution in [0.2, 0.25) is 0 Å². The molecule has 2 rings (SSSR count). The van der Waals surface area contributed by atoms with Gasteiger partial charge in [0.25, 0.3) is 0 Å². The number of benzene rings is 1. The third kappa shape index (κ3) is 3.62. The van der Waals surface area contributed by atoms with Crippen LogP contribution in [0.5, 0.6) is 5.75 Å². The molecule has 3 nitrogen and oxygen atoms in total. The van der Waals surface area contributed by atoms with Crippen LogP contribution in [0.15, 0.2) is 34.1 Å². The van der Waals surface area contributed by atoms with E-state index in [4.69, 9.17) is 15.7 Å². The molecule has 2 aromatic rings. The Morgan fingerprint density at radius 2 is 2.29 bits per heavy atom. The first-order valence-electron chi connectivity index (χ1n) is 6.41. The molecule has 6 heteroatoms. The molecule has 0 aliphatic rings. The molecule has 21 heavy (non-hydrogen) atoms. The fraction of sp³-hybridized carbons (Fsp3) is 0.267. The molecule has 110 valence electrons. The molecule has 0 saturated heterocycles. The fourth-order valence-electron chi connectivity index (χ4n) is 1.90. The van der Waals surface area contributed by atoms with E-state index >= 15 is 0 Å². The molecule has 0 spiro atoms. The predicted molar refractivity (Wildman–Crippen MR) is 84.8 cm³/mol. The van der Waals surface area contributed by atoms with Crippen molar-refractivity contribution in [3.05, 3.63) is 50.4 Å². The van der Waals surface area contributed by atoms with E-state index in [1.807, 2.05) is 24.4 Å². The van der Waals surface area contributed by atoms with E-state index in [9.17, 15) is 4.39 Å². The van der Waals surface area contributed by atoms with Gasteiger partial charge in [-0.2, -0.15) is 5.26 Å². The van der Waals surface area contributed by atoms with Gasteiger partial charge < -0.3 is 10.5 Å². The minimum atomic E-state index is -0.591. The molecule has 2 unspecified atom stereocenters. The molecular formula is C15H14BrFN2OS. The molecule has 0 amide bonds. The van der Waals surface area contributed by atoms with Crippen LogP contribution in [0.3, 0.4) is 0 Å². The van der Waals surface area contributed by atoms with Gasteiger partial charge in [0.15, 0.2) is 0 Å². The fourth-order valence-corrected chi connectivity index (χ4v) is 3.44. The number of hydrogen-bond acceptors (Lipinski definition) is 4. The summed E-state index contributed by atoms with van der Waals surface area (Å²) in [5.41, 5.74) is 6.03. The van der Waals surface area contributed by atoms with Gasteiger partial charge in [0.1, 0.15) is 29.3 Å². The van der Waals surface area contributed by atoms with E-state index in [0.29, 0.717) is 6.42 Å². The van der Waals surface area contributed by atoms with Gasteiger partial charge in [-0.15, -0.1) is 11.3 Å². The normalized spacial score (nSPS) is 13.5. The van der Waals surface area contributed by atoms with E-state index < -0.39 is 11.9 Å². The lowest BCUT2D eigenvalue weighted by Gasteiger charge is -2.23. The molecule has 1 aromatic carbocycles. The van der Waals surface area contributed by atoms with Gasteiger partial charge in [0, 0.05) is 20.8 Å². The highest BCUT2D eigenvalue weighted by molar-refractivity contribution is 9.10. The van der Waals surface area contributed by atoms with Crippen molar-refractivity contribution in [2.24, 2.45) is 5.73 Å². The number of ether oxygens (including phenoxy) is 1. The summed E-state index contributed by atoms with van der Waals surface area (Å²) in [4.78, 5) is 0.935. The summed E-state index contributed by atoms with van der Waals surface area (Å²) in [5.74, 6) is -0.373.